The first-order valence-corrected chi connectivity index (χ1v) is 9.53. The van der Waals surface area contributed by atoms with Crippen molar-refractivity contribution in [2.45, 2.75) is 32.9 Å². The maximum absolute atomic E-state index is 12.9. The van der Waals surface area contributed by atoms with Crippen LogP contribution >= 0.6 is 0 Å². The molecule has 2 N–H and O–H groups in total. The van der Waals surface area contributed by atoms with E-state index in [1.54, 1.807) is 44.2 Å². The van der Waals surface area contributed by atoms with Crippen molar-refractivity contribution in [3.8, 4) is 0 Å². The topological polar surface area (TPSA) is 118 Å². The van der Waals surface area contributed by atoms with E-state index in [4.69, 9.17) is 9.15 Å². The summed E-state index contributed by atoms with van der Waals surface area (Å²) in [7, 11) is 0. The lowest BCUT2D eigenvalue weighted by molar-refractivity contribution is -0.156. The number of benzene rings is 1. The Morgan fingerprint density at radius 3 is 2.53 bits per heavy atom. The van der Waals surface area contributed by atoms with Gasteiger partial charge in [-0.15, -0.1) is 0 Å². The lowest BCUT2D eigenvalue weighted by atomic mass is 10.0. The number of rotatable bonds is 6. The molecule has 0 saturated heterocycles. The van der Waals surface area contributed by atoms with Crippen LogP contribution < -0.4 is 15.5 Å². The van der Waals surface area contributed by atoms with Gasteiger partial charge in [0.05, 0.1) is 17.6 Å². The number of ether oxygens (including phenoxy) is 1. The molecule has 3 rings (SSSR count). The number of carbonyl (C=O) groups is 4. The van der Waals surface area contributed by atoms with Crippen molar-refractivity contribution in [1.82, 2.24) is 5.32 Å². The van der Waals surface area contributed by atoms with E-state index in [1.807, 2.05) is 0 Å². The number of esters is 1. The molecule has 1 aliphatic rings. The molecule has 1 aromatic carbocycles. The lowest BCUT2D eigenvalue weighted by Crippen LogP contribution is -2.50. The maximum Gasteiger partial charge on any atom is 0.329 e. The number of hydrogen-bond acceptors (Lipinski definition) is 6. The van der Waals surface area contributed by atoms with Gasteiger partial charge >= 0.3 is 5.97 Å². The summed E-state index contributed by atoms with van der Waals surface area (Å²) >= 11 is 0. The maximum atomic E-state index is 12.9. The first kappa shape index (κ1) is 21.1. The summed E-state index contributed by atoms with van der Waals surface area (Å²) < 4.78 is 10.4. The molecule has 2 aromatic rings. The van der Waals surface area contributed by atoms with Gasteiger partial charge in [0.1, 0.15) is 12.6 Å². The van der Waals surface area contributed by atoms with Gasteiger partial charge in [0.2, 0.25) is 5.91 Å². The molecule has 9 heteroatoms. The van der Waals surface area contributed by atoms with Gasteiger partial charge < -0.3 is 19.8 Å². The molecule has 2 heterocycles. The van der Waals surface area contributed by atoms with E-state index in [-0.39, 0.29) is 24.1 Å². The van der Waals surface area contributed by atoms with Crippen molar-refractivity contribution in [3.05, 3.63) is 48.4 Å². The number of anilines is 2. The summed E-state index contributed by atoms with van der Waals surface area (Å²) in [4.78, 5) is 51.0. The molecule has 1 aromatic heterocycles. The largest absolute Gasteiger partial charge is 0.459 e. The molecule has 158 valence electrons. The number of nitrogens with one attached hydrogen (secondary N) is 2. The van der Waals surface area contributed by atoms with E-state index in [0.29, 0.717) is 11.4 Å². The molecular formula is C21H23N3O6. The molecular weight excluding hydrogens is 390 g/mol. The Bertz CT molecular complexity index is 953. The second kappa shape index (κ2) is 8.81. The molecule has 0 spiro atoms. The smallest absolute Gasteiger partial charge is 0.329 e. The van der Waals surface area contributed by atoms with Crippen LogP contribution in [0.1, 0.15) is 31.3 Å². The number of nitrogens with zero attached hydrogens (tertiary/aromatic N) is 1. The number of para-hydroxylation sites is 2. The number of amides is 3. The summed E-state index contributed by atoms with van der Waals surface area (Å²) in [5, 5.41) is 5.26. The van der Waals surface area contributed by atoms with Crippen LogP contribution in [0, 0.1) is 5.92 Å². The van der Waals surface area contributed by atoms with E-state index in [1.165, 1.54) is 24.2 Å². The molecule has 1 aliphatic heterocycles. The molecule has 3 amide bonds. The van der Waals surface area contributed by atoms with Gasteiger partial charge in [-0.3, -0.25) is 19.3 Å². The van der Waals surface area contributed by atoms with Gasteiger partial charge in [-0.05, 0) is 37.1 Å². The molecule has 0 aliphatic carbocycles. The van der Waals surface area contributed by atoms with Crippen molar-refractivity contribution in [2.24, 2.45) is 5.92 Å². The average molecular weight is 413 g/mol. The lowest BCUT2D eigenvalue weighted by Gasteiger charge is -2.31. The summed E-state index contributed by atoms with van der Waals surface area (Å²) in [6, 6.07) is 8.92. The Morgan fingerprint density at radius 1 is 1.13 bits per heavy atom. The van der Waals surface area contributed by atoms with Gasteiger partial charge in [0.25, 0.3) is 11.8 Å². The fourth-order valence-electron chi connectivity index (χ4n) is 3.07. The van der Waals surface area contributed by atoms with Crippen LogP contribution in [-0.2, 0) is 19.1 Å². The van der Waals surface area contributed by atoms with E-state index in [0.717, 1.165) is 0 Å². The van der Waals surface area contributed by atoms with Crippen LogP contribution in [0.3, 0.4) is 0 Å². The zero-order chi connectivity index (χ0) is 21.8. The van der Waals surface area contributed by atoms with Gasteiger partial charge in [-0.1, -0.05) is 26.0 Å². The second-order valence-electron chi connectivity index (χ2n) is 7.24. The molecule has 0 radical (unpaired) electrons. The van der Waals surface area contributed by atoms with Crippen LogP contribution in [0.4, 0.5) is 11.4 Å². The Labute approximate surface area is 173 Å². The summed E-state index contributed by atoms with van der Waals surface area (Å²) in [5.41, 5.74) is 1.03. The fourth-order valence-corrected chi connectivity index (χ4v) is 3.07. The Kier molecular flexibility index (Phi) is 6.20. The molecule has 9 nitrogen and oxygen atoms in total. The SMILES string of the molecule is CC(C)[C@H](NC(=O)c1ccco1)C(=O)O[C@H](C)C(=O)N1CC(=O)Nc2ccccc21. The Morgan fingerprint density at radius 2 is 1.87 bits per heavy atom. The first-order valence-electron chi connectivity index (χ1n) is 9.53. The van der Waals surface area contributed by atoms with Crippen molar-refractivity contribution in [1.29, 1.82) is 0 Å². The predicted molar refractivity (Wildman–Crippen MR) is 108 cm³/mol. The molecule has 0 saturated carbocycles. The Balaban J connectivity index is 1.70. The quantitative estimate of drug-likeness (QED) is 0.699. The van der Waals surface area contributed by atoms with Crippen molar-refractivity contribution >= 4 is 35.1 Å². The van der Waals surface area contributed by atoms with Gasteiger partial charge in [0.15, 0.2) is 11.9 Å². The third-order valence-electron chi connectivity index (χ3n) is 4.63. The van der Waals surface area contributed by atoms with Crippen LogP contribution in [0.5, 0.6) is 0 Å². The average Bonchev–Trinajstić information content (AvgIpc) is 3.25. The van der Waals surface area contributed by atoms with Crippen molar-refractivity contribution in [2.75, 3.05) is 16.8 Å². The van der Waals surface area contributed by atoms with E-state index < -0.39 is 29.9 Å². The zero-order valence-corrected chi connectivity index (χ0v) is 16.9. The van der Waals surface area contributed by atoms with Crippen molar-refractivity contribution < 1.29 is 28.3 Å². The molecule has 0 fully saturated rings. The third kappa shape index (κ3) is 4.51. The first-order chi connectivity index (χ1) is 14.3. The van der Waals surface area contributed by atoms with E-state index in [2.05, 4.69) is 10.6 Å². The third-order valence-corrected chi connectivity index (χ3v) is 4.63. The van der Waals surface area contributed by atoms with E-state index in [9.17, 15) is 19.2 Å². The second-order valence-corrected chi connectivity index (χ2v) is 7.24. The highest BCUT2D eigenvalue weighted by molar-refractivity contribution is 6.11. The molecule has 30 heavy (non-hydrogen) atoms. The number of furan rings is 1. The van der Waals surface area contributed by atoms with E-state index >= 15 is 0 Å². The highest BCUT2D eigenvalue weighted by atomic mass is 16.5. The zero-order valence-electron chi connectivity index (χ0n) is 16.9. The van der Waals surface area contributed by atoms with Crippen molar-refractivity contribution in [3.63, 3.8) is 0 Å². The van der Waals surface area contributed by atoms with Gasteiger partial charge in [-0.2, -0.15) is 0 Å². The summed E-state index contributed by atoms with van der Waals surface area (Å²) in [6.07, 6.45) is 0.198. The molecule has 0 unspecified atom stereocenters. The monoisotopic (exact) mass is 413 g/mol. The minimum absolute atomic E-state index is 0.0634. The standard InChI is InChI=1S/C21H23N3O6/c1-12(2)18(23-19(26)16-9-6-10-29-16)21(28)30-13(3)20(27)24-11-17(25)22-14-7-4-5-8-15(14)24/h4-10,12-13,18H,11H2,1-3H3,(H,22,25)(H,23,26)/t13-,18+/m1/s1. The normalized spacial score (nSPS) is 15.1. The highest BCUT2D eigenvalue weighted by Crippen LogP contribution is 2.29. The highest BCUT2D eigenvalue weighted by Gasteiger charge is 2.34. The molecule has 0 bridgehead atoms. The molecule has 2 atom stereocenters. The predicted octanol–water partition coefficient (Wildman–Crippen LogP) is 1.95. The van der Waals surface area contributed by atoms with Crippen LogP contribution in [0.15, 0.2) is 47.1 Å². The summed E-state index contributed by atoms with van der Waals surface area (Å²) in [6.45, 7) is 4.74. The minimum Gasteiger partial charge on any atom is -0.459 e. The van der Waals surface area contributed by atoms with Crippen LogP contribution in [0.2, 0.25) is 0 Å². The van der Waals surface area contributed by atoms with Gasteiger partial charge in [-0.25, -0.2) is 4.79 Å². The number of carbonyl (C=O) groups excluding carboxylic acids is 4. The summed E-state index contributed by atoms with van der Waals surface area (Å²) in [5.74, 6) is -2.41. The van der Waals surface area contributed by atoms with Crippen LogP contribution in [0.25, 0.3) is 0 Å². The number of hydrogen-bond donors (Lipinski definition) is 2. The Hall–Kier alpha value is -3.62. The minimum atomic E-state index is -1.15. The van der Waals surface area contributed by atoms with Gasteiger partial charge in [0, 0.05) is 0 Å². The number of fused-ring (bicyclic) bond motifs is 1. The van der Waals surface area contributed by atoms with Crippen LogP contribution in [-0.4, -0.2) is 42.4 Å². The fraction of sp³-hybridized carbons (Fsp3) is 0.333.